The van der Waals surface area contributed by atoms with Gasteiger partial charge in [0.2, 0.25) is 17.6 Å². The van der Waals surface area contributed by atoms with Crippen LogP contribution < -0.4 is 10.1 Å². The molecule has 1 aliphatic rings. The molecule has 1 fully saturated rings. The number of rotatable bonds is 8. The van der Waals surface area contributed by atoms with E-state index in [2.05, 4.69) is 20.4 Å². The van der Waals surface area contributed by atoms with Gasteiger partial charge < -0.3 is 14.6 Å². The SMILES string of the molecule is CCOc1ccccc1CNC(=O)C1CCN(Cc2nc(-c3cccc(C)c3)no2)CC1. The normalized spacial score (nSPS) is 14.9. The Bertz CT molecular complexity index is 1040. The van der Waals surface area contributed by atoms with E-state index in [4.69, 9.17) is 9.26 Å². The number of benzene rings is 2. The number of nitrogens with one attached hydrogen (secondary N) is 1. The first-order chi connectivity index (χ1) is 15.6. The van der Waals surface area contributed by atoms with Crippen LogP contribution in [0.15, 0.2) is 53.1 Å². The van der Waals surface area contributed by atoms with E-state index in [1.165, 1.54) is 0 Å². The molecule has 1 aliphatic heterocycles. The third-order valence-corrected chi connectivity index (χ3v) is 5.79. The Morgan fingerprint density at radius 2 is 2.00 bits per heavy atom. The van der Waals surface area contributed by atoms with Crippen molar-refractivity contribution in [2.45, 2.75) is 39.8 Å². The third-order valence-electron chi connectivity index (χ3n) is 5.79. The van der Waals surface area contributed by atoms with E-state index in [-0.39, 0.29) is 11.8 Å². The highest BCUT2D eigenvalue weighted by Gasteiger charge is 2.26. The molecule has 0 bridgehead atoms. The van der Waals surface area contributed by atoms with Crippen molar-refractivity contribution < 1.29 is 14.1 Å². The number of amides is 1. The average Bonchev–Trinajstić information content (AvgIpc) is 3.27. The van der Waals surface area contributed by atoms with Gasteiger partial charge >= 0.3 is 0 Å². The first kappa shape index (κ1) is 22.0. The summed E-state index contributed by atoms with van der Waals surface area (Å²) in [6.45, 7) is 7.36. The Balaban J connectivity index is 1.25. The molecular weight excluding hydrogens is 404 g/mol. The Kier molecular flexibility index (Phi) is 7.17. The van der Waals surface area contributed by atoms with Crippen molar-refractivity contribution in [3.8, 4) is 17.1 Å². The maximum Gasteiger partial charge on any atom is 0.241 e. The van der Waals surface area contributed by atoms with E-state index in [0.29, 0.717) is 31.4 Å². The molecule has 32 heavy (non-hydrogen) atoms. The van der Waals surface area contributed by atoms with Crippen molar-refractivity contribution in [2.75, 3.05) is 19.7 Å². The maximum absolute atomic E-state index is 12.7. The summed E-state index contributed by atoms with van der Waals surface area (Å²) in [5.74, 6) is 2.18. The number of para-hydroxylation sites is 1. The molecule has 0 radical (unpaired) electrons. The zero-order valence-electron chi connectivity index (χ0n) is 18.7. The fraction of sp³-hybridized carbons (Fsp3) is 0.400. The monoisotopic (exact) mass is 434 g/mol. The number of carbonyl (C=O) groups is 1. The van der Waals surface area contributed by atoms with Crippen LogP contribution in [-0.4, -0.2) is 40.6 Å². The van der Waals surface area contributed by atoms with Crippen LogP contribution in [0.3, 0.4) is 0 Å². The number of piperidine rings is 1. The molecule has 1 N–H and O–H groups in total. The lowest BCUT2D eigenvalue weighted by Gasteiger charge is -2.30. The number of nitrogens with zero attached hydrogens (tertiary/aromatic N) is 3. The van der Waals surface area contributed by atoms with Crippen molar-refractivity contribution in [1.82, 2.24) is 20.4 Å². The summed E-state index contributed by atoms with van der Waals surface area (Å²) in [4.78, 5) is 19.5. The molecule has 1 saturated heterocycles. The highest BCUT2D eigenvalue weighted by atomic mass is 16.5. The maximum atomic E-state index is 12.7. The van der Waals surface area contributed by atoms with Gasteiger partial charge in [-0.2, -0.15) is 4.98 Å². The second kappa shape index (κ2) is 10.4. The lowest BCUT2D eigenvalue weighted by atomic mass is 9.96. The van der Waals surface area contributed by atoms with Crippen molar-refractivity contribution >= 4 is 5.91 Å². The van der Waals surface area contributed by atoms with Gasteiger partial charge in [-0.3, -0.25) is 9.69 Å². The minimum absolute atomic E-state index is 0.0241. The number of aryl methyl sites for hydroxylation is 1. The Hall–Kier alpha value is -3.19. The molecule has 0 aliphatic carbocycles. The lowest BCUT2D eigenvalue weighted by Crippen LogP contribution is -2.40. The highest BCUT2D eigenvalue weighted by Crippen LogP contribution is 2.22. The van der Waals surface area contributed by atoms with Gasteiger partial charge in [-0.25, -0.2) is 0 Å². The second-order valence-electron chi connectivity index (χ2n) is 8.19. The van der Waals surface area contributed by atoms with Crippen LogP contribution in [0.25, 0.3) is 11.4 Å². The standard InChI is InChI=1S/C25H30N4O3/c1-3-31-22-10-5-4-8-21(22)16-26-25(30)19-11-13-29(14-12-19)17-23-27-24(28-32-23)20-9-6-7-18(2)15-20/h4-10,15,19H,3,11-14,16-17H2,1-2H3,(H,26,30). The third kappa shape index (κ3) is 5.53. The van der Waals surface area contributed by atoms with Gasteiger partial charge in [0.1, 0.15) is 5.75 Å². The Labute approximate surface area is 188 Å². The van der Waals surface area contributed by atoms with Crippen LogP contribution in [0.4, 0.5) is 0 Å². The average molecular weight is 435 g/mol. The molecule has 0 spiro atoms. The zero-order valence-corrected chi connectivity index (χ0v) is 18.7. The summed E-state index contributed by atoms with van der Waals surface area (Å²) >= 11 is 0. The van der Waals surface area contributed by atoms with Crippen molar-refractivity contribution in [2.24, 2.45) is 5.92 Å². The quantitative estimate of drug-likeness (QED) is 0.578. The lowest BCUT2D eigenvalue weighted by molar-refractivity contribution is -0.126. The van der Waals surface area contributed by atoms with Crippen molar-refractivity contribution in [3.05, 3.63) is 65.5 Å². The van der Waals surface area contributed by atoms with Crippen LogP contribution in [0.5, 0.6) is 5.75 Å². The van der Waals surface area contributed by atoms with Gasteiger partial charge in [0.15, 0.2) is 0 Å². The first-order valence-electron chi connectivity index (χ1n) is 11.2. The predicted octanol–water partition coefficient (Wildman–Crippen LogP) is 3.97. The predicted molar refractivity (Wildman–Crippen MR) is 122 cm³/mol. The first-order valence-corrected chi connectivity index (χ1v) is 11.2. The minimum Gasteiger partial charge on any atom is -0.494 e. The van der Waals surface area contributed by atoms with Gasteiger partial charge in [0.05, 0.1) is 13.2 Å². The van der Waals surface area contributed by atoms with E-state index >= 15 is 0 Å². The van der Waals surface area contributed by atoms with Gasteiger partial charge in [-0.05, 0) is 51.9 Å². The Morgan fingerprint density at radius 1 is 1.19 bits per heavy atom. The van der Waals surface area contributed by atoms with Gasteiger partial charge in [0, 0.05) is 23.6 Å². The molecule has 0 saturated carbocycles. The van der Waals surface area contributed by atoms with E-state index in [1.807, 2.05) is 62.4 Å². The van der Waals surface area contributed by atoms with Crippen LogP contribution in [-0.2, 0) is 17.9 Å². The molecule has 0 unspecified atom stereocenters. The van der Waals surface area contributed by atoms with Crippen LogP contribution in [0.2, 0.25) is 0 Å². The number of ether oxygens (including phenoxy) is 1. The summed E-state index contributed by atoms with van der Waals surface area (Å²) in [6.07, 6.45) is 1.63. The summed E-state index contributed by atoms with van der Waals surface area (Å²) < 4.78 is 11.1. The van der Waals surface area contributed by atoms with E-state index < -0.39 is 0 Å². The fourth-order valence-corrected chi connectivity index (χ4v) is 4.04. The summed E-state index contributed by atoms with van der Waals surface area (Å²) in [7, 11) is 0. The molecular formula is C25H30N4O3. The largest absolute Gasteiger partial charge is 0.494 e. The molecule has 0 atom stereocenters. The van der Waals surface area contributed by atoms with E-state index in [9.17, 15) is 4.79 Å². The van der Waals surface area contributed by atoms with Crippen molar-refractivity contribution in [1.29, 1.82) is 0 Å². The number of hydrogen-bond donors (Lipinski definition) is 1. The molecule has 3 aromatic rings. The molecule has 4 rings (SSSR count). The summed E-state index contributed by atoms with van der Waals surface area (Å²) in [5, 5.41) is 7.20. The summed E-state index contributed by atoms with van der Waals surface area (Å²) in [6, 6.07) is 15.9. The van der Waals surface area contributed by atoms with Gasteiger partial charge in [-0.1, -0.05) is 47.1 Å². The molecule has 2 heterocycles. The van der Waals surface area contributed by atoms with Gasteiger partial charge in [-0.15, -0.1) is 0 Å². The van der Waals surface area contributed by atoms with Crippen LogP contribution >= 0.6 is 0 Å². The number of hydrogen-bond acceptors (Lipinski definition) is 6. The number of aromatic nitrogens is 2. The van der Waals surface area contributed by atoms with Crippen LogP contribution in [0, 0.1) is 12.8 Å². The Morgan fingerprint density at radius 3 is 2.78 bits per heavy atom. The van der Waals surface area contributed by atoms with Gasteiger partial charge in [0.25, 0.3) is 0 Å². The second-order valence-corrected chi connectivity index (χ2v) is 8.19. The molecule has 2 aromatic carbocycles. The van der Waals surface area contributed by atoms with Crippen molar-refractivity contribution in [3.63, 3.8) is 0 Å². The van der Waals surface area contributed by atoms with E-state index in [0.717, 1.165) is 48.4 Å². The smallest absolute Gasteiger partial charge is 0.241 e. The topological polar surface area (TPSA) is 80.5 Å². The molecule has 7 heteroatoms. The molecule has 7 nitrogen and oxygen atoms in total. The molecule has 1 aromatic heterocycles. The number of carbonyl (C=O) groups excluding carboxylic acids is 1. The molecule has 168 valence electrons. The summed E-state index contributed by atoms with van der Waals surface area (Å²) in [5.41, 5.74) is 3.12. The zero-order chi connectivity index (χ0) is 22.3. The minimum atomic E-state index is 0.0241. The van der Waals surface area contributed by atoms with Crippen LogP contribution in [0.1, 0.15) is 36.8 Å². The fourth-order valence-electron chi connectivity index (χ4n) is 4.04. The highest BCUT2D eigenvalue weighted by molar-refractivity contribution is 5.78. The molecule has 1 amide bonds. The van der Waals surface area contributed by atoms with E-state index in [1.54, 1.807) is 0 Å². The number of likely N-dealkylation sites (tertiary alicyclic amines) is 1.